The Morgan fingerprint density at radius 3 is 2.38 bits per heavy atom. The van der Waals surface area contributed by atoms with Gasteiger partial charge in [0, 0.05) is 5.54 Å². The van der Waals surface area contributed by atoms with Gasteiger partial charge in [-0.1, -0.05) is 25.1 Å². The molecule has 1 fully saturated rings. The van der Waals surface area contributed by atoms with Crippen molar-refractivity contribution in [3.05, 3.63) is 0 Å². The summed E-state index contributed by atoms with van der Waals surface area (Å²) in [5, 5.41) is 5.10. The second kappa shape index (κ2) is 5.25. The molecular weight excluding hydrogens is 226 g/mol. The van der Waals surface area contributed by atoms with Crippen molar-refractivity contribution in [2.45, 2.75) is 38.1 Å². The van der Waals surface area contributed by atoms with Crippen LogP contribution >= 0.6 is 12.2 Å². The van der Waals surface area contributed by atoms with Crippen LogP contribution in [0.2, 0.25) is 0 Å². The van der Waals surface area contributed by atoms with Crippen molar-refractivity contribution in [1.82, 2.24) is 10.6 Å². The first kappa shape index (κ1) is 12.9. The van der Waals surface area contributed by atoms with Crippen LogP contribution in [-0.2, 0) is 9.59 Å². The Balaban J connectivity index is 2.39. The SMILES string of the molecule is CC1(NC(=O)C(=O)NCC(N)=S)CCCC1. The minimum absolute atomic E-state index is 0.0539. The third-order valence-corrected chi connectivity index (χ3v) is 2.90. The number of amides is 2. The maximum Gasteiger partial charge on any atom is 0.309 e. The number of hydrogen-bond donors (Lipinski definition) is 3. The van der Waals surface area contributed by atoms with Crippen LogP contribution in [0.1, 0.15) is 32.6 Å². The van der Waals surface area contributed by atoms with E-state index in [9.17, 15) is 9.59 Å². The molecule has 5 nitrogen and oxygen atoms in total. The molecule has 0 aromatic carbocycles. The van der Waals surface area contributed by atoms with Gasteiger partial charge >= 0.3 is 11.8 Å². The third kappa shape index (κ3) is 3.77. The largest absolute Gasteiger partial charge is 0.392 e. The number of carbonyl (C=O) groups is 2. The van der Waals surface area contributed by atoms with Gasteiger partial charge in [-0.05, 0) is 19.8 Å². The molecule has 4 N–H and O–H groups in total. The van der Waals surface area contributed by atoms with Gasteiger partial charge in [-0.2, -0.15) is 0 Å². The standard InChI is InChI=1S/C10H17N3O2S/c1-10(4-2-3-5-10)13-9(15)8(14)12-6-7(11)16/h2-6H2,1H3,(H2,11,16)(H,12,14)(H,13,15). The second-order valence-corrected chi connectivity index (χ2v) is 4.90. The fraction of sp³-hybridized carbons (Fsp3) is 0.700. The average Bonchev–Trinajstić information content (AvgIpc) is 2.61. The van der Waals surface area contributed by atoms with Crippen molar-refractivity contribution in [2.24, 2.45) is 5.73 Å². The van der Waals surface area contributed by atoms with Crippen LogP contribution in [0.3, 0.4) is 0 Å². The molecule has 0 spiro atoms. The molecule has 6 heteroatoms. The van der Waals surface area contributed by atoms with Crippen LogP contribution in [0.25, 0.3) is 0 Å². The Bertz CT molecular complexity index is 311. The number of rotatable bonds is 3. The molecule has 0 atom stereocenters. The number of carbonyl (C=O) groups excluding carboxylic acids is 2. The molecule has 1 saturated carbocycles. The molecule has 0 saturated heterocycles. The van der Waals surface area contributed by atoms with E-state index in [2.05, 4.69) is 22.9 Å². The normalized spacial score (nSPS) is 17.8. The van der Waals surface area contributed by atoms with E-state index in [1.807, 2.05) is 6.92 Å². The first-order valence-corrected chi connectivity index (χ1v) is 5.72. The molecule has 1 aliphatic carbocycles. The minimum Gasteiger partial charge on any atom is -0.392 e. The molecule has 16 heavy (non-hydrogen) atoms. The van der Waals surface area contributed by atoms with Crippen molar-refractivity contribution < 1.29 is 9.59 Å². The van der Waals surface area contributed by atoms with Gasteiger partial charge in [0.05, 0.1) is 11.5 Å². The summed E-state index contributed by atoms with van der Waals surface area (Å²) in [5.41, 5.74) is 4.98. The first-order chi connectivity index (χ1) is 7.43. The lowest BCUT2D eigenvalue weighted by molar-refractivity contribution is -0.140. The Kier molecular flexibility index (Phi) is 4.23. The van der Waals surface area contributed by atoms with Crippen molar-refractivity contribution in [3.8, 4) is 0 Å². The van der Waals surface area contributed by atoms with E-state index in [0.717, 1.165) is 25.7 Å². The zero-order valence-electron chi connectivity index (χ0n) is 9.34. The molecule has 90 valence electrons. The summed E-state index contributed by atoms with van der Waals surface area (Å²) in [4.78, 5) is 23.0. The molecule has 2 amide bonds. The predicted molar refractivity (Wildman–Crippen MR) is 64.8 cm³/mol. The van der Waals surface area contributed by atoms with E-state index < -0.39 is 11.8 Å². The monoisotopic (exact) mass is 243 g/mol. The summed E-state index contributed by atoms with van der Waals surface area (Å²) in [6, 6.07) is 0. The predicted octanol–water partition coefficient (Wildman–Crippen LogP) is -0.162. The fourth-order valence-corrected chi connectivity index (χ4v) is 1.93. The number of hydrogen-bond acceptors (Lipinski definition) is 3. The number of nitrogens with two attached hydrogens (primary N) is 1. The lowest BCUT2D eigenvalue weighted by Crippen LogP contribution is -2.50. The topological polar surface area (TPSA) is 84.2 Å². The maximum absolute atomic E-state index is 11.5. The summed E-state index contributed by atoms with van der Waals surface area (Å²) in [6.07, 6.45) is 4.01. The lowest BCUT2D eigenvalue weighted by atomic mass is 10.0. The summed E-state index contributed by atoms with van der Waals surface area (Å²) >= 11 is 4.60. The zero-order valence-corrected chi connectivity index (χ0v) is 10.2. The molecule has 0 bridgehead atoms. The van der Waals surface area contributed by atoms with Gasteiger partial charge in [0.15, 0.2) is 0 Å². The average molecular weight is 243 g/mol. The number of nitrogens with one attached hydrogen (secondary N) is 2. The Labute approximate surface area is 100 Å². The van der Waals surface area contributed by atoms with E-state index in [1.165, 1.54) is 0 Å². The van der Waals surface area contributed by atoms with E-state index in [1.54, 1.807) is 0 Å². The van der Waals surface area contributed by atoms with E-state index in [4.69, 9.17) is 5.73 Å². The van der Waals surface area contributed by atoms with E-state index in [-0.39, 0.29) is 17.1 Å². The van der Waals surface area contributed by atoms with Crippen LogP contribution in [0.5, 0.6) is 0 Å². The Morgan fingerprint density at radius 1 is 1.31 bits per heavy atom. The number of thiocarbonyl (C=S) groups is 1. The van der Waals surface area contributed by atoms with Crippen LogP contribution in [0, 0.1) is 0 Å². The fourth-order valence-electron chi connectivity index (χ4n) is 1.86. The highest BCUT2D eigenvalue weighted by molar-refractivity contribution is 7.80. The highest BCUT2D eigenvalue weighted by Crippen LogP contribution is 2.28. The van der Waals surface area contributed by atoms with Crippen molar-refractivity contribution in [3.63, 3.8) is 0 Å². The molecule has 0 radical (unpaired) electrons. The van der Waals surface area contributed by atoms with Crippen molar-refractivity contribution >= 4 is 29.0 Å². The first-order valence-electron chi connectivity index (χ1n) is 5.32. The van der Waals surface area contributed by atoms with Gasteiger partial charge < -0.3 is 16.4 Å². The van der Waals surface area contributed by atoms with Crippen LogP contribution < -0.4 is 16.4 Å². The quantitative estimate of drug-likeness (QED) is 0.475. The van der Waals surface area contributed by atoms with Gasteiger partial charge in [-0.25, -0.2) is 0 Å². The highest BCUT2D eigenvalue weighted by Gasteiger charge is 2.31. The van der Waals surface area contributed by atoms with E-state index in [0.29, 0.717) is 0 Å². The van der Waals surface area contributed by atoms with Crippen LogP contribution in [-0.4, -0.2) is 28.9 Å². The highest BCUT2D eigenvalue weighted by atomic mass is 32.1. The molecule has 0 aliphatic heterocycles. The molecular formula is C10H17N3O2S. The molecule has 0 aromatic heterocycles. The van der Waals surface area contributed by atoms with Crippen LogP contribution in [0.15, 0.2) is 0 Å². The summed E-state index contributed by atoms with van der Waals surface area (Å²) < 4.78 is 0. The van der Waals surface area contributed by atoms with Crippen molar-refractivity contribution in [2.75, 3.05) is 6.54 Å². The summed E-state index contributed by atoms with van der Waals surface area (Å²) in [5.74, 6) is -1.29. The third-order valence-electron chi connectivity index (χ3n) is 2.75. The summed E-state index contributed by atoms with van der Waals surface area (Å²) in [6.45, 7) is 2.01. The maximum atomic E-state index is 11.5. The molecule has 1 aliphatic rings. The second-order valence-electron chi connectivity index (χ2n) is 4.37. The Hall–Kier alpha value is -1.17. The van der Waals surface area contributed by atoms with Gasteiger partial charge in [-0.15, -0.1) is 0 Å². The van der Waals surface area contributed by atoms with Crippen LogP contribution in [0.4, 0.5) is 0 Å². The van der Waals surface area contributed by atoms with Gasteiger partial charge in [-0.3, -0.25) is 9.59 Å². The van der Waals surface area contributed by atoms with Crippen molar-refractivity contribution in [1.29, 1.82) is 0 Å². The summed E-state index contributed by atoms with van der Waals surface area (Å²) in [7, 11) is 0. The Morgan fingerprint density at radius 2 is 1.88 bits per heavy atom. The minimum atomic E-state index is -0.680. The van der Waals surface area contributed by atoms with Gasteiger partial charge in [0.1, 0.15) is 0 Å². The molecule has 0 heterocycles. The van der Waals surface area contributed by atoms with Gasteiger partial charge in [0.2, 0.25) is 0 Å². The smallest absolute Gasteiger partial charge is 0.309 e. The molecule has 0 unspecified atom stereocenters. The zero-order chi connectivity index (χ0) is 12.2. The molecule has 1 rings (SSSR count). The van der Waals surface area contributed by atoms with E-state index >= 15 is 0 Å². The lowest BCUT2D eigenvalue weighted by Gasteiger charge is -2.24. The van der Waals surface area contributed by atoms with Gasteiger partial charge in [0.25, 0.3) is 0 Å². The molecule has 0 aromatic rings.